The van der Waals surface area contributed by atoms with Crippen molar-refractivity contribution in [1.29, 1.82) is 0 Å². The number of carbonyl (C=O) groups excluding carboxylic acids is 1. The van der Waals surface area contributed by atoms with Gasteiger partial charge in [0.05, 0.1) is 6.10 Å². The predicted molar refractivity (Wildman–Crippen MR) is 108 cm³/mol. The molecule has 0 unspecified atom stereocenters. The molecule has 2 aromatic rings. The van der Waals surface area contributed by atoms with Gasteiger partial charge in [-0.3, -0.25) is 9.78 Å². The van der Waals surface area contributed by atoms with Crippen LogP contribution in [0.5, 0.6) is 0 Å². The number of likely N-dealkylation sites (tertiary alicyclic amines) is 1. The second-order valence-corrected chi connectivity index (χ2v) is 7.29. The highest BCUT2D eigenvalue weighted by molar-refractivity contribution is 5.92. The molecule has 0 saturated carbocycles. The van der Waals surface area contributed by atoms with Crippen LogP contribution in [0.4, 0.5) is 13.2 Å². The number of nitrogens with zero attached hydrogens (tertiary/aromatic N) is 2. The van der Waals surface area contributed by atoms with Crippen LogP contribution in [0.2, 0.25) is 0 Å². The minimum Gasteiger partial charge on any atom is -0.475 e. The Bertz CT molecular complexity index is 875. The zero-order valence-electron chi connectivity index (χ0n) is 17.3. The van der Waals surface area contributed by atoms with Crippen molar-refractivity contribution in [2.45, 2.75) is 32.0 Å². The summed E-state index contributed by atoms with van der Waals surface area (Å²) in [6.45, 7) is 3.54. The summed E-state index contributed by atoms with van der Waals surface area (Å²) in [6.07, 6.45) is -1.44. The van der Waals surface area contributed by atoms with Gasteiger partial charge in [0.2, 0.25) is 0 Å². The lowest BCUT2D eigenvalue weighted by Crippen LogP contribution is -2.47. The first kappa shape index (κ1) is 24.3. The number of halogens is 3. The van der Waals surface area contributed by atoms with E-state index in [0.717, 1.165) is 19.4 Å². The van der Waals surface area contributed by atoms with Crippen LogP contribution in [0.1, 0.15) is 28.0 Å². The normalized spacial score (nSPS) is 18.7. The van der Waals surface area contributed by atoms with Gasteiger partial charge in [-0.15, -0.1) is 0 Å². The molecule has 2 atom stereocenters. The van der Waals surface area contributed by atoms with Gasteiger partial charge in [0.1, 0.15) is 5.69 Å². The SMILES string of the molecule is CO[C@@H]1CCN(C(=O)c2ccccn2)C[C@@H]1Cc1cccc(C)c1.O=C(O)C(F)(F)F. The molecule has 1 saturated heterocycles. The standard InChI is InChI=1S/C20H24N2O2.C2HF3O2/c1-15-6-5-7-16(12-15)13-17-14-22(11-9-19(17)24-2)20(23)18-8-3-4-10-21-18;3-2(4,5)1(6)7/h3-8,10,12,17,19H,9,11,13-14H2,1-2H3;(H,6,7)/t17-,19+;/m0./s1. The molecular weight excluding hydrogens is 413 g/mol. The van der Waals surface area contributed by atoms with E-state index in [4.69, 9.17) is 14.6 Å². The number of aromatic nitrogens is 1. The van der Waals surface area contributed by atoms with E-state index in [2.05, 4.69) is 36.2 Å². The van der Waals surface area contributed by atoms with Gasteiger partial charge in [0.25, 0.3) is 5.91 Å². The number of piperidine rings is 1. The van der Waals surface area contributed by atoms with Crippen LogP contribution in [0.3, 0.4) is 0 Å². The highest BCUT2D eigenvalue weighted by Gasteiger charge is 2.38. The van der Waals surface area contributed by atoms with E-state index in [1.165, 1.54) is 11.1 Å². The molecule has 1 aromatic carbocycles. The Morgan fingerprint density at radius 3 is 2.48 bits per heavy atom. The number of methoxy groups -OCH3 is 1. The van der Waals surface area contributed by atoms with Crippen molar-refractivity contribution in [1.82, 2.24) is 9.88 Å². The summed E-state index contributed by atoms with van der Waals surface area (Å²) in [5.41, 5.74) is 3.08. The third-order valence-corrected chi connectivity index (χ3v) is 4.96. The Morgan fingerprint density at radius 1 is 1.23 bits per heavy atom. The van der Waals surface area contributed by atoms with Gasteiger partial charge in [0.15, 0.2) is 0 Å². The first-order valence-electron chi connectivity index (χ1n) is 9.70. The zero-order chi connectivity index (χ0) is 23.0. The van der Waals surface area contributed by atoms with Crippen LogP contribution in [0.25, 0.3) is 0 Å². The first-order valence-corrected chi connectivity index (χ1v) is 9.70. The van der Waals surface area contributed by atoms with Crippen LogP contribution in [0.15, 0.2) is 48.7 Å². The quantitative estimate of drug-likeness (QED) is 0.787. The molecule has 2 heterocycles. The van der Waals surface area contributed by atoms with Crippen LogP contribution < -0.4 is 0 Å². The van der Waals surface area contributed by atoms with Gasteiger partial charge < -0.3 is 14.7 Å². The maximum absolute atomic E-state index is 12.7. The fraction of sp³-hybridized carbons (Fsp3) is 0.409. The summed E-state index contributed by atoms with van der Waals surface area (Å²) in [4.78, 5) is 27.7. The lowest BCUT2D eigenvalue weighted by atomic mass is 9.88. The second-order valence-electron chi connectivity index (χ2n) is 7.29. The topological polar surface area (TPSA) is 79.7 Å². The highest BCUT2D eigenvalue weighted by atomic mass is 19.4. The number of alkyl halides is 3. The summed E-state index contributed by atoms with van der Waals surface area (Å²) < 4.78 is 37.4. The molecule has 0 spiro atoms. The lowest BCUT2D eigenvalue weighted by Gasteiger charge is -2.38. The van der Waals surface area contributed by atoms with Crippen molar-refractivity contribution in [3.63, 3.8) is 0 Å². The van der Waals surface area contributed by atoms with E-state index in [9.17, 15) is 18.0 Å². The highest BCUT2D eigenvalue weighted by Crippen LogP contribution is 2.25. The summed E-state index contributed by atoms with van der Waals surface area (Å²) >= 11 is 0. The van der Waals surface area contributed by atoms with Gasteiger partial charge >= 0.3 is 12.1 Å². The number of aryl methyl sites for hydroxylation is 1. The maximum atomic E-state index is 12.7. The molecular formula is C22H25F3N2O4. The number of benzene rings is 1. The number of ether oxygens (including phenoxy) is 1. The fourth-order valence-corrected chi connectivity index (χ4v) is 3.49. The molecule has 1 amide bonds. The monoisotopic (exact) mass is 438 g/mol. The number of carboxylic acids is 1. The minimum atomic E-state index is -5.08. The number of hydrogen-bond donors (Lipinski definition) is 1. The summed E-state index contributed by atoms with van der Waals surface area (Å²) in [6, 6.07) is 14.0. The number of carbonyl (C=O) groups is 2. The van der Waals surface area contributed by atoms with Crippen LogP contribution in [-0.4, -0.2) is 59.3 Å². The third kappa shape index (κ3) is 7.36. The van der Waals surface area contributed by atoms with Gasteiger partial charge in [-0.2, -0.15) is 13.2 Å². The number of amides is 1. The van der Waals surface area contributed by atoms with E-state index in [-0.39, 0.29) is 12.0 Å². The van der Waals surface area contributed by atoms with E-state index in [1.807, 2.05) is 17.0 Å². The largest absolute Gasteiger partial charge is 0.490 e. The number of hydrogen-bond acceptors (Lipinski definition) is 4. The van der Waals surface area contributed by atoms with Gasteiger partial charge in [0, 0.05) is 32.3 Å². The summed E-state index contributed by atoms with van der Waals surface area (Å²) in [5, 5.41) is 7.12. The molecule has 168 valence electrons. The van der Waals surface area contributed by atoms with Crippen molar-refractivity contribution in [2.75, 3.05) is 20.2 Å². The van der Waals surface area contributed by atoms with Crippen LogP contribution >= 0.6 is 0 Å². The van der Waals surface area contributed by atoms with Gasteiger partial charge in [-0.05, 0) is 37.5 Å². The Balaban J connectivity index is 0.000000423. The molecule has 0 radical (unpaired) electrons. The molecule has 6 nitrogen and oxygen atoms in total. The number of aliphatic carboxylic acids is 1. The van der Waals surface area contributed by atoms with Crippen molar-refractivity contribution >= 4 is 11.9 Å². The Kier molecular flexibility index (Phi) is 8.56. The Hall–Kier alpha value is -2.94. The second kappa shape index (κ2) is 10.9. The van der Waals surface area contributed by atoms with Crippen molar-refractivity contribution in [2.24, 2.45) is 5.92 Å². The van der Waals surface area contributed by atoms with Gasteiger partial charge in [-0.25, -0.2) is 4.79 Å². The Morgan fingerprint density at radius 2 is 1.94 bits per heavy atom. The number of rotatable bonds is 4. The van der Waals surface area contributed by atoms with E-state index >= 15 is 0 Å². The molecule has 1 aliphatic rings. The molecule has 0 aliphatic carbocycles. The molecule has 1 fully saturated rings. The minimum absolute atomic E-state index is 0.0133. The summed E-state index contributed by atoms with van der Waals surface area (Å²) in [7, 11) is 1.77. The molecule has 9 heteroatoms. The molecule has 1 aliphatic heterocycles. The molecule has 1 N–H and O–H groups in total. The smallest absolute Gasteiger partial charge is 0.475 e. The van der Waals surface area contributed by atoms with Crippen molar-refractivity contribution in [3.8, 4) is 0 Å². The van der Waals surface area contributed by atoms with E-state index < -0.39 is 12.1 Å². The van der Waals surface area contributed by atoms with Crippen molar-refractivity contribution in [3.05, 3.63) is 65.5 Å². The number of carboxylic acid groups (broad SMARTS) is 1. The number of pyridine rings is 1. The van der Waals surface area contributed by atoms with E-state index in [1.54, 1.807) is 19.4 Å². The Labute approximate surface area is 178 Å². The molecule has 3 rings (SSSR count). The molecule has 31 heavy (non-hydrogen) atoms. The first-order chi connectivity index (χ1) is 14.6. The molecule has 0 bridgehead atoms. The third-order valence-electron chi connectivity index (χ3n) is 4.96. The van der Waals surface area contributed by atoms with Crippen molar-refractivity contribution < 1.29 is 32.6 Å². The van der Waals surface area contributed by atoms with Crippen LogP contribution in [0, 0.1) is 12.8 Å². The van der Waals surface area contributed by atoms with Gasteiger partial charge in [-0.1, -0.05) is 35.9 Å². The maximum Gasteiger partial charge on any atom is 0.490 e. The summed E-state index contributed by atoms with van der Waals surface area (Å²) in [5.74, 6) is -2.44. The lowest BCUT2D eigenvalue weighted by molar-refractivity contribution is -0.192. The predicted octanol–water partition coefficient (Wildman–Crippen LogP) is 3.74. The average molecular weight is 438 g/mol. The fourth-order valence-electron chi connectivity index (χ4n) is 3.49. The molecule has 1 aromatic heterocycles. The average Bonchev–Trinajstić information content (AvgIpc) is 2.73. The van der Waals surface area contributed by atoms with Crippen LogP contribution in [-0.2, 0) is 16.0 Å². The zero-order valence-corrected chi connectivity index (χ0v) is 17.3. The van der Waals surface area contributed by atoms with E-state index in [0.29, 0.717) is 18.2 Å².